The van der Waals surface area contributed by atoms with Crippen molar-refractivity contribution in [2.75, 3.05) is 0 Å². The van der Waals surface area contributed by atoms with Crippen LogP contribution in [0.15, 0.2) is 27.6 Å². The van der Waals surface area contributed by atoms with E-state index in [-0.39, 0.29) is 56.9 Å². The molecule has 0 unspecified atom stereocenters. The SMILES string of the molecule is O=c1ccc(Br)c[nH]1.[KH]. The maximum atomic E-state index is 10.3. The Balaban J connectivity index is 0.000000640. The van der Waals surface area contributed by atoms with Crippen molar-refractivity contribution < 1.29 is 0 Å². The van der Waals surface area contributed by atoms with Gasteiger partial charge < -0.3 is 4.98 Å². The van der Waals surface area contributed by atoms with Crippen molar-refractivity contribution >= 4 is 67.3 Å². The molecule has 0 amide bonds. The molecule has 0 aromatic carbocycles. The molecule has 1 N–H and O–H groups in total. The van der Waals surface area contributed by atoms with Crippen molar-refractivity contribution in [1.82, 2.24) is 4.98 Å². The van der Waals surface area contributed by atoms with E-state index in [1.165, 1.54) is 6.07 Å². The van der Waals surface area contributed by atoms with Gasteiger partial charge in [0.05, 0.1) is 0 Å². The summed E-state index contributed by atoms with van der Waals surface area (Å²) in [5.74, 6) is 0. The molecule has 0 spiro atoms. The zero-order chi connectivity index (χ0) is 5.98. The number of aromatic amines is 1. The molecule has 1 heterocycles. The second kappa shape index (κ2) is 4.82. The average Bonchev–Trinajstić information content (AvgIpc) is 1.77. The normalized spacial score (nSPS) is 8.11. The van der Waals surface area contributed by atoms with Gasteiger partial charge in [-0.15, -0.1) is 0 Å². The second-order valence-corrected chi connectivity index (χ2v) is 2.29. The summed E-state index contributed by atoms with van der Waals surface area (Å²) < 4.78 is 0.886. The summed E-state index contributed by atoms with van der Waals surface area (Å²) in [6, 6.07) is 3.16. The monoisotopic (exact) mass is 213 g/mol. The number of nitrogens with one attached hydrogen (secondary N) is 1. The third kappa shape index (κ3) is 3.70. The summed E-state index contributed by atoms with van der Waals surface area (Å²) in [6.45, 7) is 0. The second-order valence-electron chi connectivity index (χ2n) is 1.37. The van der Waals surface area contributed by atoms with Crippen LogP contribution in [0.25, 0.3) is 0 Å². The summed E-state index contributed by atoms with van der Waals surface area (Å²) in [7, 11) is 0. The number of halogens is 1. The Morgan fingerprint density at radius 2 is 2.11 bits per heavy atom. The van der Waals surface area contributed by atoms with Crippen molar-refractivity contribution in [3.63, 3.8) is 0 Å². The van der Waals surface area contributed by atoms with Gasteiger partial charge in [-0.05, 0) is 22.0 Å². The van der Waals surface area contributed by atoms with Gasteiger partial charge in [-0.3, -0.25) is 4.79 Å². The van der Waals surface area contributed by atoms with Crippen LogP contribution in [0.2, 0.25) is 0 Å². The first-order valence-electron chi connectivity index (χ1n) is 2.13. The Morgan fingerprint density at radius 1 is 1.44 bits per heavy atom. The molecule has 44 valence electrons. The first-order valence-corrected chi connectivity index (χ1v) is 2.92. The Hall–Kier alpha value is 1.07. The van der Waals surface area contributed by atoms with Crippen LogP contribution in [0.4, 0.5) is 0 Å². The number of pyridine rings is 1. The van der Waals surface area contributed by atoms with Gasteiger partial charge in [0, 0.05) is 16.7 Å². The topological polar surface area (TPSA) is 32.9 Å². The molecule has 0 radical (unpaired) electrons. The van der Waals surface area contributed by atoms with Crippen LogP contribution < -0.4 is 5.56 Å². The van der Waals surface area contributed by atoms with E-state index in [0.717, 1.165) is 4.47 Å². The molecular formula is C5H5BrKNO. The molecule has 0 atom stereocenters. The van der Waals surface area contributed by atoms with E-state index in [2.05, 4.69) is 20.9 Å². The molecule has 9 heavy (non-hydrogen) atoms. The summed E-state index contributed by atoms with van der Waals surface area (Å²) >= 11 is 3.18. The third-order valence-corrected chi connectivity index (χ3v) is 1.24. The molecule has 0 aliphatic carbocycles. The molecule has 1 aromatic heterocycles. The first kappa shape index (κ1) is 10.1. The average molecular weight is 214 g/mol. The Kier molecular flexibility index (Phi) is 5.39. The van der Waals surface area contributed by atoms with Crippen molar-refractivity contribution in [1.29, 1.82) is 0 Å². The van der Waals surface area contributed by atoms with Gasteiger partial charge in [-0.2, -0.15) is 0 Å². The molecule has 0 fully saturated rings. The maximum absolute atomic E-state index is 10.3. The number of rotatable bonds is 0. The molecule has 0 aliphatic rings. The molecule has 0 saturated heterocycles. The van der Waals surface area contributed by atoms with Crippen LogP contribution >= 0.6 is 15.9 Å². The van der Waals surface area contributed by atoms with Crippen LogP contribution in [-0.4, -0.2) is 56.4 Å². The molecule has 1 aromatic rings. The fraction of sp³-hybridized carbons (Fsp3) is 0. The molecule has 2 nitrogen and oxygen atoms in total. The summed E-state index contributed by atoms with van der Waals surface area (Å²) in [5, 5.41) is 0. The van der Waals surface area contributed by atoms with E-state index >= 15 is 0 Å². The number of aromatic nitrogens is 1. The standard InChI is InChI=1S/C5H4BrNO.K.H/c6-4-1-2-5(8)7-3-4;;/h1-3H,(H,7,8);;. The van der Waals surface area contributed by atoms with E-state index in [0.29, 0.717) is 0 Å². The van der Waals surface area contributed by atoms with Gasteiger partial charge in [0.1, 0.15) is 0 Å². The van der Waals surface area contributed by atoms with Crippen molar-refractivity contribution in [2.45, 2.75) is 0 Å². The summed E-state index contributed by atoms with van der Waals surface area (Å²) in [6.07, 6.45) is 1.60. The van der Waals surface area contributed by atoms with Gasteiger partial charge in [0.15, 0.2) is 0 Å². The Morgan fingerprint density at radius 3 is 2.44 bits per heavy atom. The quantitative estimate of drug-likeness (QED) is 0.626. The molecule has 1 rings (SSSR count). The zero-order valence-corrected chi connectivity index (χ0v) is 5.60. The van der Waals surface area contributed by atoms with Crippen LogP contribution in [0.1, 0.15) is 0 Å². The minimum absolute atomic E-state index is 0. The molecular weight excluding hydrogens is 209 g/mol. The van der Waals surface area contributed by atoms with Crippen molar-refractivity contribution in [3.05, 3.63) is 33.2 Å². The number of hydrogen-bond donors (Lipinski definition) is 1. The Bertz CT molecular complexity index is 214. The van der Waals surface area contributed by atoms with E-state index in [4.69, 9.17) is 0 Å². The number of hydrogen-bond acceptors (Lipinski definition) is 1. The van der Waals surface area contributed by atoms with Crippen LogP contribution in [0.3, 0.4) is 0 Å². The van der Waals surface area contributed by atoms with E-state index in [1.54, 1.807) is 12.3 Å². The molecule has 4 heteroatoms. The minimum atomic E-state index is -0.0757. The Labute approximate surface area is 104 Å². The van der Waals surface area contributed by atoms with E-state index in [1.807, 2.05) is 0 Å². The van der Waals surface area contributed by atoms with Gasteiger partial charge in [-0.25, -0.2) is 0 Å². The van der Waals surface area contributed by atoms with Crippen molar-refractivity contribution in [3.8, 4) is 0 Å². The molecule has 0 aliphatic heterocycles. The third-order valence-electron chi connectivity index (χ3n) is 0.746. The van der Waals surface area contributed by atoms with Gasteiger partial charge >= 0.3 is 51.4 Å². The number of H-pyrrole nitrogens is 1. The fourth-order valence-corrected chi connectivity index (χ4v) is 0.638. The van der Waals surface area contributed by atoms with Crippen LogP contribution in [0, 0.1) is 0 Å². The summed E-state index contributed by atoms with van der Waals surface area (Å²) in [5.41, 5.74) is -0.0757. The molecule has 0 saturated carbocycles. The van der Waals surface area contributed by atoms with E-state index in [9.17, 15) is 4.79 Å². The van der Waals surface area contributed by atoms with Gasteiger partial charge in [0.25, 0.3) is 0 Å². The zero-order valence-electron chi connectivity index (χ0n) is 4.02. The fourth-order valence-electron chi connectivity index (χ4n) is 0.392. The van der Waals surface area contributed by atoms with Crippen LogP contribution in [0.5, 0.6) is 0 Å². The van der Waals surface area contributed by atoms with Gasteiger partial charge in [0.2, 0.25) is 5.56 Å². The molecule has 0 bridgehead atoms. The van der Waals surface area contributed by atoms with Gasteiger partial charge in [-0.1, -0.05) is 0 Å². The van der Waals surface area contributed by atoms with E-state index < -0.39 is 0 Å². The first-order chi connectivity index (χ1) is 3.79. The van der Waals surface area contributed by atoms with Crippen LogP contribution in [-0.2, 0) is 0 Å². The predicted molar refractivity (Wildman–Crippen MR) is 41.9 cm³/mol. The van der Waals surface area contributed by atoms with Crippen molar-refractivity contribution in [2.24, 2.45) is 0 Å². The predicted octanol–water partition coefficient (Wildman–Crippen LogP) is 0.489. The summed E-state index contributed by atoms with van der Waals surface area (Å²) in [4.78, 5) is 12.8.